The predicted molar refractivity (Wildman–Crippen MR) is 106 cm³/mol. The van der Waals surface area contributed by atoms with Crippen molar-refractivity contribution in [3.05, 3.63) is 59.2 Å². The van der Waals surface area contributed by atoms with Crippen molar-refractivity contribution in [1.29, 1.82) is 0 Å². The summed E-state index contributed by atoms with van der Waals surface area (Å²) in [5.41, 5.74) is 0.580. The third-order valence-corrected chi connectivity index (χ3v) is 5.52. The minimum atomic E-state index is -4.52. The zero-order valence-electron chi connectivity index (χ0n) is 15.8. The van der Waals surface area contributed by atoms with Crippen molar-refractivity contribution in [3.63, 3.8) is 0 Å². The number of rotatable bonds is 5. The molecule has 1 fully saturated rings. The fourth-order valence-electron chi connectivity index (χ4n) is 3.30. The summed E-state index contributed by atoms with van der Waals surface area (Å²) in [5.74, 6) is -0.711. The average Bonchev–Trinajstić information content (AvgIpc) is 3.14. The Morgan fingerprint density at radius 2 is 1.69 bits per heavy atom. The van der Waals surface area contributed by atoms with Crippen molar-refractivity contribution in [1.82, 2.24) is 0 Å². The van der Waals surface area contributed by atoms with Crippen molar-refractivity contribution in [2.75, 3.05) is 29.6 Å². The van der Waals surface area contributed by atoms with Crippen LogP contribution in [-0.4, -0.2) is 33.7 Å². The molecule has 0 aliphatic carbocycles. The van der Waals surface area contributed by atoms with E-state index < -0.39 is 27.5 Å². The Labute approximate surface area is 167 Å². The number of halogens is 3. The number of hydrogen-bond acceptors (Lipinski definition) is 4. The number of sulfone groups is 1. The molecule has 0 unspecified atom stereocenters. The molecule has 29 heavy (non-hydrogen) atoms. The quantitative estimate of drug-likeness (QED) is 0.782. The summed E-state index contributed by atoms with van der Waals surface area (Å²) in [6.45, 7) is 1.43. The van der Waals surface area contributed by atoms with Gasteiger partial charge >= 0.3 is 6.18 Å². The molecule has 156 valence electrons. The molecular weight excluding hydrogens is 405 g/mol. The Balaban J connectivity index is 1.86. The number of carbonyl (C=O) groups excluding carboxylic acids is 1. The molecule has 2 aromatic rings. The van der Waals surface area contributed by atoms with Crippen LogP contribution in [0.3, 0.4) is 0 Å². The standard InChI is InChI=1S/C20H21F3N2O3S/c1-29(27,28)13-14-4-6-15(7-5-14)19(26)24-17-12-16(20(21,22)23)8-9-18(17)25-10-2-3-11-25/h4-9,12H,2-3,10-11,13H2,1H3,(H,24,26). The van der Waals surface area contributed by atoms with Gasteiger partial charge in [-0.1, -0.05) is 12.1 Å². The summed E-state index contributed by atoms with van der Waals surface area (Å²) < 4.78 is 62.1. The number of anilines is 2. The minimum absolute atomic E-state index is 0.104. The van der Waals surface area contributed by atoms with Gasteiger partial charge in [0.1, 0.15) is 0 Å². The Morgan fingerprint density at radius 3 is 2.24 bits per heavy atom. The summed E-state index contributed by atoms with van der Waals surface area (Å²) in [4.78, 5) is 14.6. The van der Waals surface area contributed by atoms with Crippen molar-refractivity contribution in [2.24, 2.45) is 0 Å². The molecule has 0 saturated carbocycles. The molecule has 0 atom stereocenters. The Hall–Kier alpha value is -2.55. The van der Waals surface area contributed by atoms with Crippen LogP contribution in [0.2, 0.25) is 0 Å². The van der Waals surface area contributed by atoms with Gasteiger partial charge in [0.15, 0.2) is 9.84 Å². The lowest BCUT2D eigenvalue weighted by molar-refractivity contribution is -0.137. The van der Waals surface area contributed by atoms with Crippen molar-refractivity contribution in [2.45, 2.75) is 24.8 Å². The fraction of sp³-hybridized carbons (Fsp3) is 0.350. The first-order valence-corrected chi connectivity index (χ1v) is 11.1. The Kier molecular flexibility index (Phi) is 5.88. The average molecular weight is 426 g/mol. The molecule has 3 rings (SSSR count). The van der Waals surface area contributed by atoms with Gasteiger partial charge in [0.2, 0.25) is 0 Å². The van der Waals surface area contributed by atoms with E-state index in [4.69, 9.17) is 0 Å². The van der Waals surface area contributed by atoms with Crippen LogP contribution >= 0.6 is 0 Å². The van der Waals surface area contributed by atoms with E-state index in [0.29, 0.717) is 24.3 Å². The van der Waals surface area contributed by atoms with Crippen molar-refractivity contribution in [3.8, 4) is 0 Å². The van der Waals surface area contributed by atoms with E-state index in [1.165, 1.54) is 30.3 Å². The van der Waals surface area contributed by atoms with Gasteiger partial charge < -0.3 is 10.2 Å². The van der Waals surface area contributed by atoms with E-state index >= 15 is 0 Å². The second-order valence-electron chi connectivity index (χ2n) is 7.14. The molecule has 0 radical (unpaired) electrons. The molecular formula is C20H21F3N2O3S. The largest absolute Gasteiger partial charge is 0.416 e. The van der Waals surface area contributed by atoms with Crippen molar-refractivity contribution < 1.29 is 26.4 Å². The number of hydrogen-bond donors (Lipinski definition) is 1. The lowest BCUT2D eigenvalue weighted by Crippen LogP contribution is -2.22. The molecule has 5 nitrogen and oxygen atoms in total. The highest BCUT2D eigenvalue weighted by molar-refractivity contribution is 7.89. The number of nitrogens with zero attached hydrogens (tertiary/aromatic N) is 1. The number of carbonyl (C=O) groups is 1. The van der Waals surface area contributed by atoms with Gasteiger partial charge in [-0.05, 0) is 48.7 Å². The summed E-state index contributed by atoms with van der Waals surface area (Å²) in [6, 6.07) is 9.30. The lowest BCUT2D eigenvalue weighted by atomic mass is 10.1. The van der Waals surface area contributed by atoms with Crippen molar-refractivity contribution >= 4 is 27.1 Å². The van der Waals surface area contributed by atoms with Crippen LogP contribution in [0, 0.1) is 0 Å². The van der Waals surface area contributed by atoms with Gasteiger partial charge in [0.05, 0.1) is 22.7 Å². The van der Waals surface area contributed by atoms with Gasteiger partial charge in [-0.2, -0.15) is 13.2 Å². The fourth-order valence-corrected chi connectivity index (χ4v) is 4.09. The van der Waals surface area contributed by atoms with Crippen LogP contribution in [0.1, 0.15) is 34.3 Å². The predicted octanol–water partition coefficient (Wildman–Crippen LogP) is 4.10. The molecule has 0 aromatic heterocycles. The van der Waals surface area contributed by atoms with E-state index in [-0.39, 0.29) is 17.0 Å². The molecule has 0 bridgehead atoms. The molecule has 1 aliphatic rings. The number of amides is 1. The van der Waals surface area contributed by atoms with Gasteiger partial charge in [0.25, 0.3) is 5.91 Å². The van der Waals surface area contributed by atoms with E-state index in [9.17, 15) is 26.4 Å². The number of nitrogens with one attached hydrogen (secondary N) is 1. The van der Waals surface area contributed by atoms with Crippen LogP contribution < -0.4 is 10.2 Å². The molecule has 1 N–H and O–H groups in total. The highest BCUT2D eigenvalue weighted by Crippen LogP contribution is 2.36. The maximum absolute atomic E-state index is 13.1. The first-order chi connectivity index (χ1) is 13.5. The van der Waals surface area contributed by atoms with Gasteiger partial charge in [-0.15, -0.1) is 0 Å². The molecule has 2 aromatic carbocycles. The third kappa shape index (κ3) is 5.50. The van der Waals surface area contributed by atoms with Crippen LogP contribution in [-0.2, 0) is 21.8 Å². The second-order valence-corrected chi connectivity index (χ2v) is 9.29. The molecule has 9 heteroatoms. The maximum atomic E-state index is 13.1. The maximum Gasteiger partial charge on any atom is 0.416 e. The molecule has 1 heterocycles. The number of alkyl halides is 3. The summed E-state index contributed by atoms with van der Waals surface area (Å²) >= 11 is 0. The van der Waals surface area contributed by atoms with Crippen LogP contribution in [0.25, 0.3) is 0 Å². The van der Waals surface area contributed by atoms with E-state index in [0.717, 1.165) is 31.2 Å². The second kappa shape index (κ2) is 8.06. The normalized spacial score (nSPS) is 14.8. The van der Waals surface area contributed by atoms with Crippen LogP contribution in [0.5, 0.6) is 0 Å². The third-order valence-electron chi connectivity index (χ3n) is 4.66. The van der Waals surface area contributed by atoms with Crippen LogP contribution in [0.15, 0.2) is 42.5 Å². The molecule has 1 aliphatic heterocycles. The lowest BCUT2D eigenvalue weighted by Gasteiger charge is -2.23. The van der Waals surface area contributed by atoms with E-state index in [1.54, 1.807) is 0 Å². The Morgan fingerprint density at radius 1 is 1.07 bits per heavy atom. The van der Waals surface area contributed by atoms with Gasteiger partial charge in [-0.3, -0.25) is 4.79 Å². The SMILES string of the molecule is CS(=O)(=O)Cc1ccc(C(=O)Nc2cc(C(F)(F)F)ccc2N2CCCC2)cc1. The first-order valence-electron chi connectivity index (χ1n) is 9.07. The van der Waals surface area contributed by atoms with E-state index in [2.05, 4.69) is 5.32 Å². The number of benzene rings is 2. The zero-order valence-corrected chi connectivity index (χ0v) is 16.6. The summed E-state index contributed by atoms with van der Waals surface area (Å²) in [7, 11) is -3.21. The molecule has 0 spiro atoms. The first kappa shape index (κ1) is 21.2. The van der Waals surface area contributed by atoms with Gasteiger partial charge in [-0.25, -0.2) is 8.42 Å². The monoisotopic (exact) mass is 426 g/mol. The van der Waals surface area contributed by atoms with Crippen LogP contribution in [0.4, 0.5) is 24.5 Å². The minimum Gasteiger partial charge on any atom is -0.370 e. The highest BCUT2D eigenvalue weighted by atomic mass is 32.2. The van der Waals surface area contributed by atoms with Gasteiger partial charge in [0, 0.05) is 24.9 Å². The zero-order chi connectivity index (χ0) is 21.2. The summed E-state index contributed by atoms with van der Waals surface area (Å²) in [6.07, 6.45) is -1.52. The smallest absolute Gasteiger partial charge is 0.370 e. The topological polar surface area (TPSA) is 66.5 Å². The summed E-state index contributed by atoms with van der Waals surface area (Å²) in [5, 5.41) is 2.59. The molecule has 1 saturated heterocycles. The van der Waals surface area contributed by atoms with E-state index in [1.807, 2.05) is 4.90 Å². The molecule has 1 amide bonds. The Bertz CT molecular complexity index is 997. The highest BCUT2D eigenvalue weighted by Gasteiger charge is 2.32.